The van der Waals surface area contributed by atoms with Crippen molar-refractivity contribution in [3.05, 3.63) is 52.3 Å². The van der Waals surface area contributed by atoms with Crippen LogP contribution in [0, 0.1) is 17.3 Å². The Labute approximate surface area is 238 Å². The molecule has 2 amide bonds. The monoisotopic (exact) mass is 591 g/mol. The van der Waals surface area contributed by atoms with E-state index in [0.29, 0.717) is 30.1 Å². The van der Waals surface area contributed by atoms with Crippen molar-refractivity contribution in [2.75, 3.05) is 18.8 Å². The molecule has 1 aliphatic heterocycles. The normalized spacial score (nSPS) is 25.0. The smallest absolute Gasteiger partial charge is 0.416 e. The minimum absolute atomic E-state index is 0.00409. The second-order valence-electron chi connectivity index (χ2n) is 12.2. The van der Waals surface area contributed by atoms with Gasteiger partial charge in [-0.2, -0.15) is 23.4 Å². The van der Waals surface area contributed by atoms with E-state index in [4.69, 9.17) is 27.8 Å². The molecule has 1 saturated heterocycles. The average molecular weight is 592 g/mol. The van der Waals surface area contributed by atoms with Crippen molar-refractivity contribution >= 4 is 29.4 Å². The van der Waals surface area contributed by atoms with Crippen LogP contribution in [0.2, 0.25) is 5.02 Å². The number of alkyl halides is 3. The number of piperidine rings is 1. The van der Waals surface area contributed by atoms with E-state index in [-0.39, 0.29) is 52.1 Å². The molecule has 6 rings (SSSR count). The SMILES string of the molecule is CC(C)(C)OC(=O)N1CC2[C@@H]3[C@H](n4nc(-c5cnn(Cc6cc(Cl)cc(C(F)(F)F)c6)c5)c(C(N)=O)c4N)C[C@]23C1. The number of hydrogen-bond donors (Lipinski definition) is 2. The van der Waals surface area contributed by atoms with Crippen molar-refractivity contribution in [2.45, 2.75) is 51.6 Å². The van der Waals surface area contributed by atoms with Gasteiger partial charge in [-0.05, 0) is 62.8 Å². The van der Waals surface area contributed by atoms with Gasteiger partial charge in [-0.1, -0.05) is 11.6 Å². The fraction of sp³-hybridized carbons (Fsp3) is 0.481. The summed E-state index contributed by atoms with van der Waals surface area (Å²) in [6, 6.07) is 3.26. The summed E-state index contributed by atoms with van der Waals surface area (Å²) in [5.74, 6) is -0.0301. The molecule has 1 aromatic carbocycles. The highest BCUT2D eigenvalue weighted by Gasteiger charge is 2.79. The summed E-state index contributed by atoms with van der Waals surface area (Å²) in [6.45, 7) is 6.72. The number of carbonyl (C=O) groups is 2. The van der Waals surface area contributed by atoms with E-state index in [0.717, 1.165) is 18.6 Å². The number of likely N-dealkylation sites (tertiary alicyclic amines) is 1. The van der Waals surface area contributed by atoms with Crippen LogP contribution in [-0.2, 0) is 17.5 Å². The molecule has 3 fully saturated rings. The molecule has 0 bridgehead atoms. The van der Waals surface area contributed by atoms with Gasteiger partial charge < -0.3 is 21.1 Å². The summed E-state index contributed by atoms with van der Waals surface area (Å²) in [5.41, 5.74) is 11.7. The number of anilines is 1. The van der Waals surface area contributed by atoms with E-state index < -0.39 is 23.2 Å². The fourth-order valence-electron chi connectivity index (χ4n) is 6.66. The van der Waals surface area contributed by atoms with Gasteiger partial charge in [0.05, 0.1) is 24.3 Å². The van der Waals surface area contributed by atoms with Crippen molar-refractivity contribution in [1.29, 1.82) is 0 Å². The number of rotatable bonds is 5. The van der Waals surface area contributed by atoms with Crippen LogP contribution in [0.5, 0.6) is 0 Å². The Morgan fingerprint density at radius 3 is 2.59 bits per heavy atom. The molecular formula is C27H29ClF3N7O3. The number of benzene rings is 1. The van der Waals surface area contributed by atoms with Crippen LogP contribution in [0.3, 0.4) is 0 Å². The molecular weight excluding hydrogens is 563 g/mol. The highest BCUT2D eigenvalue weighted by Crippen LogP contribution is 2.79. The maximum atomic E-state index is 13.2. The fourth-order valence-corrected chi connectivity index (χ4v) is 6.92. The summed E-state index contributed by atoms with van der Waals surface area (Å²) in [4.78, 5) is 26.7. The van der Waals surface area contributed by atoms with E-state index >= 15 is 0 Å². The second kappa shape index (κ2) is 8.88. The Balaban J connectivity index is 1.21. The molecule has 4 N–H and O–H groups in total. The number of amides is 2. The number of aromatic nitrogens is 4. The largest absolute Gasteiger partial charge is 0.444 e. The lowest BCUT2D eigenvalue weighted by atomic mass is 9.80. The number of fused-ring (bicyclic) bond motifs is 1. The van der Waals surface area contributed by atoms with E-state index in [9.17, 15) is 22.8 Å². The van der Waals surface area contributed by atoms with Gasteiger partial charge in [-0.25, -0.2) is 9.48 Å². The minimum atomic E-state index is -4.54. The first-order chi connectivity index (χ1) is 19.1. The molecule has 1 unspecified atom stereocenters. The Kier molecular flexibility index (Phi) is 5.94. The number of primary amides is 1. The third-order valence-electron chi connectivity index (χ3n) is 8.33. The average Bonchev–Trinajstić information content (AvgIpc) is 3.32. The van der Waals surface area contributed by atoms with Gasteiger partial charge in [-0.3, -0.25) is 9.48 Å². The van der Waals surface area contributed by atoms with Gasteiger partial charge in [0.1, 0.15) is 22.7 Å². The van der Waals surface area contributed by atoms with Crippen molar-refractivity contribution < 1.29 is 27.5 Å². The van der Waals surface area contributed by atoms with E-state index in [1.54, 1.807) is 15.8 Å². The molecule has 218 valence electrons. The second-order valence-corrected chi connectivity index (χ2v) is 12.6. The first kappa shape index (κ1) is 27.4. The van der Waals surface area contributed by atoms with Crippen LogP contribution in [0.4, 0.5) is 23.8 Å². The third-order valence-corrected chi connectivity index (χ3v) is 8.55. The summed E-state index contributed by atoms with van der Waals surface area (Å²) in [6.07, 6.45) is -1.08. The summed E-state index contributed by atoms with van der Waals surface area (Å²) in [7, 11) is 0. The van der Waals surface area contributed by atoms with Crippen molar-refractivity contribution in [3.8, 4) is 11.3 Å². The quantitative estimate of drug-likeness (QED) is 0.446. The molecule has 41 heavy (non-hydrogen) atoms. The Bertz CT molecular complexity index is 1580. The zero-order valence-corrected chi connectivity index (χ0v) is 23.3. The molecule has 10 nitrogen and oxygen atoms in total. The zero-order chi connectivity index (χ0) is 29.6. The molecule has 3 heterocycles. The number of nitrogens with two attached hydrogens (primary N) is 2. The molecule has 2 aromatic heterocycles. The maximum Gasteiger partial charge on any atom is 0.416 e. The maximum absolute atomic E-state index is 13.2. The lowest BCUT2D eigenvalue weighted by molar-refractivity contribution is -0.137. The van der Waals surface area contributed by atoms with Crippen LogP contribution in [0.15, 0.2) is 30.6 Å². The van der Waals surface area contributed by atoms with E-state index in [2.05, 4.69) is 10.2 Å². The lowest BCUT2D eigenvalue weighted by Crippen LogP contribution is -2.42. The predicted octanol–water partition coefficient (Wildman–Crippen LogP) is 4.58. The Morgan fingerprint density at radius 1 is 1.22 bits per heavy atom. The minimum Gasteiger partial charge on any atom is -0.444 e. The molecule has 2 aliphatic carbocycles. The summed E-state index contributed by atoms with van der Waals surface area (Å²) >= 11 is 5.91. The van der Waals surface area contributed by atoms with Crippen LogP contribution in [0.25, 0.3) is 11.3 Å². The molecule has 2 saturated carbocycles. The summed E-state index contributed by atoms with van der Waals surface area (Å²) < 4.78 is 48.2. The van der Waals surface area contributed by atoms with Crippen molar-refractivity contribution in [3.63, 3.8) is 0 Å². The highest BCUT2D eigenvalue weighted by molar-refractivity contribution is 6.30. The van der Waals surface area contributed by atoms with E-state index in [1.807, 2.05) is 20.8 Å². The van der Waals surface area contributed by atoms with Gasteiger partial charge in [0.25, 0.3) is 5.91 Å². The van der Waals surface area contributed by atoms with Gasteiger partial charge in [0.15, 0.2) is 0 Å². The number of hydrogen-bond acceptors (Lipinski definition) is 6. The van der Waals surface area contributed by atoms with Crippen LogP contribution < -0.4 is 11.5 Å². The highest BCUT2D eigenvalue weighted by atomic mass is 35.5. The van der Waals surface area contributed by atoms with Gasteiger partial charge in [0, 0.05) is 35.3 Å². The Hall–Kier alpha value is -3.74. The molecule has 0 radical (unpaired) electrons. The molecule has 3 aromatic rings. The van der Waals surface area contributed by atoms with Gasteiger partial charge in [-0.15, -0.1) is 0 Å². The topological polar surface area (TPSA) is 134 Å². The number of halogens is 4. The number of nitrogens with zero attached hydrogens (tertiary/aromatic N) is 5. The van der Waals surface area contributed by atoms with Gasteiger partial charge >= 0.3 is 12.3 Å². The first-order valence-corrected chi connectivity index (χ1v) is 13.5. The molecule has 1 spiro atoms. The number of carbonyl (C=O) groups excluding carboxylic acids is 2. The number of nitrogen functional groups attached to an aromatic ring is 1. The van der Waals surface area contributed by atoms with Crippen LogP contribution in [-0.4, -0.2) is 55.2 Å². The zero-order valence-electron chi connectivity index (χ0n) is 22.6. The lowest BCUT2D eigenvalue weighted by Gasteiger charge is -2.37. The predicted molar refractivity (Wildman–Crippen MR) is 143 cm³/mol. The summed E-state index contributed by atoms with van der Waals surface area (Å²) in [5, 5.41) is 8.88. The van der Waals surface area contributed by atoms with Crippen LogP contribution in [0.1, 0.15) is 54.7 Å². The molecule has 4 atom stereocenters. The standard InChI is InChI=1S/C27H29ClF3N7O3/c1-25(2,3)41-24(40)36-11-17-20-18(7-26(17,20)12-36)38-22(32)19(23(33)39)21(35-38)14-8-34-37(10-14)9-13-4-15(27(29,30)31)6-16(28)5-13/h4-6,8,10,17-18,20H,7,9,11-12,32H2,1-3H3,(H2,33,39)/t17?,18-,20-,26+/m1/s1. The first-order valence-electron chi connectivity index (χ1n) is 13.1. The molecule has 3 aliphatic rings. The van der Waals surface area contributed by atoms with E-state index in [1.165, 1.54) is 16.9 Å². The third kappa shape index (κ3) is 4.59. The molecule has 14 heteroatoms. The van der Waals surface area contributed by atoms with Crippen LogP contribution >= 0.6 is 11.6 Å². The van der Waals surface area contributed by atoms with Gasteiger partial charge in [0.2, 0.25) is 0 Å². The van der Waals surface area contributed by atoms with Crippen molar-refractivity contribution in [1.82, 2.24) is 24.5 Å². The Morgan fingerprint density at radius 2 is 1.95 bits per heavy atom. The van der Waals surface area contributed by atoms with Crippen molar-refractivity contribution in [2.24, 2.45) is 23.0 Å². The number of ether oxygens (including phenoxy) is 1.